The van der Waals surface area contributed by atoms with E-state index in [2.05, 4.69) is 91.3 Å². The Hall–Kier alpha value is -3.49. The molecule has 30 heavy (non-hydrogen) atoms. The Morgan fingerprint density at radius 2 is 1.40 bits per heavy atom. The maximum Gasteiger partial charge on any atom is 0.0380 e. The summed E-state index contributed by atoms with van der Waals surface area (Å²) >= 11 is 4.57. The van der Waals surface area contributed by atoms with Gasteiger partial charge in [0.15, 0.2) is 0 Å². The molecule has 1 N–H and O–H groups in total. The van der Waals surface area contributed by atoms with Crippen LogP contribution in [0, 0.1) is 0 Å². The number of anilines is 1. The third-order valence-corrected chi connectivity index (χ3v) is 4.85. The van der Waals surface area contributed by atoms with Crippen LogP contribution < -0.4 is 5.32 Å². The third-order valence-electron chi connectivity index (χ3n) is 4.45. The number of hydrogen-bond donors (Lipinski definition) is 2. The first-order valence-corrected chi connectivity index (χ1v) is 10.2. The van der Waals surface area contributed by atoms with Crippen LogP contribution in [-0.2, 0) is 0 Å². The van der Waals surface area contributed by atoms with Crippen LogP contribution in [0.2, 0.25) is 0 Å². The van der Waals surface area contributed by atoms with E-state index in [1.165, 1.54) is 11.1 Å². The number of allylic oxidation sites excluding steroid dienone is 6. The van der Waals surface area contributed by atoms with Crippen LogP contribution >= 0.6 is 12.6 Å². The summed E-state index contributed by atoms with van der Waals surface area (Å²) in [6, 6.07) is 27.1. The number of thiol groups is 1. The SMILES string of the molecule is C=C/C=C\C=C\Nc1ccc(-c2ccc(/C=C/C=C(\S)c3ccccc3)cc2)cc1. The molecule has 0 aliphatic rings. The number of benzene rings is 3. The lowest BCUT2D eigenvalue weighted by Crippen LogP contribution is -1.86. The van der Waals surface area contributed by atoms with Crippen molar-refractivity contribution in [1.29, 1.82) is 0 Å². The fourth-order valence-corrected chi connectivity index (χ4v) is 3.08. The second kappa shape index (κ2) is 11.5. The molecule has 0 saturated carbocycles. The van der Waals surface area contributed by atoms with E-state index in [1.54, 1.807) is 6.08 Å². The molecular formula is C28H25NS. The predicted molar refractivity (Wildman–Crippen MR) is 136 cm³/mol. The minimum atomic E-state index is 0.948. The molecule has 0 amide bonds. The fourth-order valence-electron chi connectivity index (χ4n) is 2.84. The van der Waals surface area contributed by atoms with Gasteiger partial charge in [-0.2, -0.15) is 0 Å². The van der Waals surface area contributed by atoms with Gasteiger partial charge in [-0.25, -0.2) is 0 Å². The largest absolute Gasteiger partial charge is 0.362 e. The van der Waals surface area contributed by atoms with Crippen LogP contribution in [-0.4, -0.2) is 0 Å². The molecule has 2 heteroatoms. The summed E-state index contributed by atoms with van der Waals surface area (Å²) in [6.07, 6.45) is 15.5. The normalized spacial score (nSPS) is 12.1. The highest BCUT2D eigenvalue weighted by Gasteiger charge is 1.98. The van der Waals surface area contributed by atoms with Gasteiger partial charge in [-0.15, -0.1) is 12.6 Å². The first kappa shape index (κ1) is 21.2. The van der Waals surface area contributed by atoms with E-state index >= 15 is 0 Å². The molecule has 0 unspecified atom stereocenters. The summed E-state index contributed by atoms with van der Waals surface area (Å²) in [4.78, 5) is 0.948. The smallest absolute Gasteiger partial charge is 0.0380 e. The molecule has 0 heterocycles. The van der Waals surface area contributed by atoms with Gasteiger partial charge in [-0.3, -0.25) is 0 Å². The second-order valence-electron chi connectivity index (χ2n) is 6.60. The molecule has 3 aromatic carbocycles. The molecule has 3 aromatic rings. The molecule has 0 aromatic heterocycles. The molecule has 0 atom stereocenters. The van der Waals surface area contributed by atoms with Gasteiger partial charge in [0.25, 0.3) is 0 Å². The number of hydrogen-bond acceptors (Lipinski definition) is 2. The van der Waals surface area contributed by atoms with E-state index in [9.17, 15) is 0 Å². The van der Waals surface area contributed by atoms with E-state index in [4.69, 9.17) is 0 Å². The van der Waals surface area contributed by atoms with Gasteiger partial charge >= 0.3 is 0 Å². The standard InChI is InChI=1S/C28H25NS/c1-2-3-4-8-22-29-27-20-18-25(19-21-27)24-16-14-23(15-17-24)10-9-13-28(30)26-11-6-5-7-12-26/h2-22,29-30H,1H2/b4-3-,10-9+,22-8+,28-13-. The average Bonchev–Trinajstić information content (AvgIpc) is 2.80. The zero-order chi connectivity index (χ0) is 21.0. The Labute approximate surface area is 184 Å². The molecule has 1 nitrogen and oxygen atoms in total. The van der Waals surface area contributed by atoms with Gasteiger partial charge in [0.2, 0.25) is 0 Å². The zero-order valence-corrected chi connectivity index (χ0v) is 17.7. The van der Waals surface area contributed by atoms with Crippen LogP contribution in [0.1, 0.15) is 11.1 Å². The van der Waals surface area contributed by atoms with Crippen molar-refractivity contribution in [1.82, 2.24) is 0 Å². The highest BCUT2D eigenvalue weighted by molar-refractivity contribution is 7.90. The van der Waals surface area contributed by atoms with E-state index < -0.39 is 0 Å². The lowest BCUT2D eigenvalue weighted by atomic mass is 10.0. The van der Waals surface area contributed by atoms with Crippen LogP contribution in [0.3, 0.4) is 0 Å². The summed E-state index contributed by atoms with van der Waals surface area (Å²) in [5.74, 6) is 0. The highest BCUT2D eigenvalue weighted by Crippen LogP contribution is 2.23. The van der Waals surface area contributed by atoms with Crippen LogP contribution in [0.25, 0.3) is 22.1 Å². The molecule has 0 radical (unpaired) electrons. The summed E-state index contributed by atoms with van der Waals surface area (Å²) in [7, 11) is 0. The third kappa shape index (κ3) is 6.54. The summed E-state index contributed by atoms with van der Waals surface area (Å²) < 4.78 is 0. The monoisotopic (exact) mass is 407 g/mol. The van der Waals surface area contributed by atoms with Crippen molar-refractivity contribution in [3.8, 4) is 11.1 Å². The molecule has 3 rings (SSSR count). The Kier molecular flexibility index (Phi) is 8.13. The quantitative estimate of drug-likeness (QED) is 0.285. The zero-order valence-electron chi connectivity index (χ0n) is 16.8. The number of nitrogens with one attached hydrogen (secondary N) is 1. The molecular weight excluding hydrogens is 382 g/mol. The van der Waals surface area contributed by atoms with Crippen molar-refractivity contribution in [3.63, 3.8) is 0 Å². The molecule has 148 valence electrons. The van der Waals surface area contributed by atoms with Crippen molar-refractivity contribution in [2.75, 3.05) is 5.32 Å². The topological polar surface area (TPSA) is 12.0 Å². The predicted octanol–water partition coefficient (Wildman–Crippen LogP) is 8.01. The maximum absolute atomic E-state index is 4.57. The van der Waals surface area contributed by atoms with Crippen LogP contribution in [0.15, 0.2) is 128 Å². The van der Waals surface area contributed by atoms with Crippen molar-refractivity contribution in [3.05, 3.63) is 139 Å². The molecule has 0 aliphatic carbocycles. The summed E-state index contributed by atoms with van der Waals surface area (Å²) in [5.41, 5.74) is 5.70. The van der Waals surface area contributed by atoms with Gasteiger partial charge in [-0.05, 0) is 46.5 Å². The van der Waals surface area contributed by atoms with Gasteiger partial charge in [0, 0.05) is 16.8 Å². The maximum atomic E-state index is 4.57. The van der Waals surface area contributed by atoms with Gasteiger partial charge in [0.05, 0.1) is 0 Å². The van der Waals surface area contributed by atoms with E-state index in [1.807, 2.05) is 54.8 Å². The van der Waals surface area contributed by atoms with Crippen LogP contribution in [0.5, 0.6) is 0 Å². The highest BCUT2D eigenvalue weighted by atomic mass is 32.1. The minimum absolute atomic E-state index is 0.948. The van der Waals surface area contributed by atoms with Gasteiger partial charge < -0.3 is 5.32 Å². The molecule has 0 fully saturated rings. The van der Waals surface area contributed by atoms with Crippen molar-refractivity contribution in [2.24, 2.45) is 0 Å². The van der Waals surface area contributed by atoms with Crippen molar-refractivity contribution < 1.29 is 0 Å². The molecule has 0 bridgehead atoms. The molecule has 0 saturated heterocycles. The van der Waals surface area contributed by atoms with Crippen molar-refractivity contribution >= 4 is 29.3 Å². The Balaban J connectivity index is 1.60. The first-order valence-electron chi connectivity index (χ1n) is 9.80. The van der Waals surface area contributed by atoms with E-state index in [-0.39, 0.29) is 0 Å². The van der Waals surface area contributed by atoms with Crippen LogP contribution in [0.4, 0.5) is 5.69 Å². The van der Waals surface area contributed by atoms with Crippen molar-refractivity contribution in [2.45, 2.75) is 0 Å². The summed E-state index contributed by atoms with van der Waals surface area (Å²) in [5, 5.41) is 3.25. The second-order valence-corrected chi connectivity index (χ2v) is 7.08. The van der Waals surface area contributed by atoms with Gasteiger partial charge in [0.1, 0.15) is 0 Å². The lowest BCUT2D eigenvalue weighted by molar-refractivity contribution is 1.55. The van der Waals surface area contributed by atoms with E-state index in [0.717, 1.165) is 21.7 Å². The minimum Gasteiger partial charge on any atom is -0.362 e. The average molecular weight is 408 g/mol. The number of rotatable bonds is 8. The lowest BCUT2D eigenvalue weighted by Gasteiger charge is -2.05. The molecule has 0 spiro atoms. The Morgan fingerprint density at radius 3 is 2.07 bits per heavy atom. The van der Waals surface area contributed by atoms with Gasteiger partial charge in [-0.1, -0.05) is 104 Å². The first-order chi connectivity index (χ1) is 14.8. The Morgan fingerprint density at radius 1 is 0.733 bits per heavy atom. The fraction of sp³-hybridized carbons (Fsp3) is 0. The summed E-state index contributed by atoms with van der Waals surface area (Å²) in [6.45, 7) is 3.64. The van der Waals surface area contributed by atoms with E-state index in [0.29, 0.717) is 0 Å². The molecule has 0 aliphatic heterocycles. The Bertz CT molecular complexity index is 1050.